The molecule has 0 aliphatic carbocycles. The molecule has 3 unspecified atom stereocenters. The zero-order valence-corrected chi connectivity index (χ0v) is 13.7. The summed E-state index contributed by atoms with van der Waals surface area (Å²) in [4.78, 5) is 2.63. The van der Waals surface area contributed by atoms with Gasteiger partial charge < -0.3 is 10.5 Å². The van der Waals surface area contributed by atoms with Crippen LogP contribution in [0.4, 0.5) is 0 Å². The van der Waals surface area contributed by atoms with Crippen molar-refractivity contribution in [2.75, 3.05) is 13.7 Å². The van der Waals surface area contributed by atoms with Gasteiger partial charge in [0.2, 0.25) is 0 Å². The molecule has 2 rings (SSSR count). The third kappa shape index (κ3) is 3.98. The van der Waals surface area contributed by atoms with Crippen LogP contribution < -0.4 is 10.5 Å². The Labute approximate surface area is 129 Å². The summed E-state index contributed by atoms with van der Waals surface area (Å²) in [5.74, 6) is 0.909. The minimum absolute atomic E-state index is 0.180. The van der Waals surface area contributed by atoms with E-state index in [1.54, 1.807) is 7.11 Å². The van der Waals surface area contributed by atoms with Crippen molar-refractivity contribution in [3.05, 3.63) is 29.8 Å². The molecule has 0 spiro atoms. The average molecular weight is 290 g/mol. The molecule has 1 heterocycles. The van der Waals surface area contributed by atoms with Crippen molar-refractivity contribution in [3.63, 3.8) is 0 Å². The second-order valence-electron chi connectivity index (χ2n) is 6.23. The molecule has 3 heteroatoms. The van der Waals surface area contributed by atoms with Gasteiger partial charge in [-0.3, -0.25) is 4.90 Å². The highest BCUT2D eigenvalue weighted by molar-refractivity contribution is 5.30. The number of nitrogens with two attached hydrogens (primary N) is 1. The monoisotopic (exact) mass is 290 g/mol. The number of rotatable bonds is 5. The van der Waals surface area contributed by atoms with E-state index in [4.69, 9.17) is 10.5 Å². The number of likely N-dealkylation sites (tertiary alicyclic amines) is 1. The zero-order chi connectivity index (χ0) is 15.2. The Morgan fingerprint density at radius 1 is 1.24 bits per heavy atom. The number of benzene rings is 1. The topological polar surface area (TPSA) is 38.5 Å². The van der Waals surface area contributed by atoms with Crippen molar-refractivity contribution in [1.82, 2.24) is 4.90 Å². The van der Waals surface area contributed by atoms with Crippen molar-refractivity contribution >= 4 is 0 Å². The van der Waals surface area contributed by atoms with Gasteiger partial charge in [-0.15, -0.1) is 0 Å². The molecule has 0 saturated carbocycles. The van der Waals surface area contributed by atoms with Crippen molar-refractivity contribution in [2.24, 2.45) is 5.73 Å². The third-order valence-electron chi connectivity index (χ3n) is 4.80. The lowest BCUT2D eigenvalue weighted by Gasteiger charge is -2.39. The Bertz CT molecular complexity index is 418. The first kappa shape index (κ1) is 16.3. The smallest absolute Gasteiger partial charge is 0.118 e. The molecule has 0 bridgehead atoms. The van der Waals surface area contributed by atoms with E-state index in [9.17, 15) is 0 Å². The summed E-state index contributed by atoms with van der Waals surface area (Å²) >= 11 is 0. The number of methoxy groups -OCH3 is 1. The highest BCUT2D eigenvalue weighted by Crippen LogP contribution is 2.31. The summed E-state index contributed by atoms with van der Waals surface area (Å²) in [6.45, 7) is 5.69. The molecule has 3 atom stereocenters. The second kappa shape index (κ2) is 7.81. The van der Waals surface area contributed by atoms with Crippen LogP contribution in [0.5, 0.6) is 5.75 Å². The predicted molar refractivity (Wildman–Crippen MR) is 88.6 cm³/mol. The van der Waals surface area contributed by atoms with E-state index < -0.39 is 0 Å². The fourth-order valence-electron chi connectivity index (χ4n) is 3.42. The maximum absolute atomic E-state index is 6.49. The molecule has 1 saturated heterocycles. The summed E-state index contributed by atoms with van der Waals surface area (Å²) in [7, 11) is 1.71. The van der Waals surface area contributed by atoms with Gasteiger partial charge in [-0.2, -0.15) is 0 Å². The summed E-state index contributed by atoms with van der Waals surface area (Å²) in [6, 6.07) is 9.55. The van der Waals surface area contributed by atoms with E-state index in [1.165, 1.54) is 31.2 Å². The molecular formula is C18H30N2O. The van der Waals surface area contributed by atoms with Crippen LogP contribution in [-0.2, 0) is 0 Å². The van der Waals surface area contributed by atoms with E-state index in [-0.39, 0.29) is 6.04 Å². The van der Waals surface area contributed by atoms with Crippen LogP contribution >= 0.6 is 0 Å². The molecule has 1 aromatic rings. The van der Waals surface area contributed by atoms with E-state index in [0.29, 0.717) is 12.1 Å². The number of hydrogen-bond donors (Lipinski definition) is 1. The Morgan fingerprint density at radius 3 is 2.57 bits per heavy atom. The van der Waals surface area contributed by atoms with E-state index >= 15 is 0 Å². The van der Waals surface area contributed by atoms with Crippen molar-refractivity contribution in [2.45, 2.75) is 64.1 Å². The molecule has 3 nitrogen and oxygen atoms in total. The van der Waals surface area contributed by atoms with Gasteiger partial charge in [0.1, 0.15) is 5.75 Å². The summed E-state index contributed by atoms with van der Waals surface area (Å²) < 4.78 is 5.28. The van der Waals surface area contributed by atoms with Crippen LogP contribution in [0, 0.1) is 0 Å². The second-order valence-corrected chi connectivity index (χ2v) is 6.23. The molecule has 21 heavy (non-hydrogen) atoms. The highest BCUT2D eigenvalue weighted by Gasteiger charge is 2.29. The minimum Gasteiger partial charge on any atom is -0.497 e. The highest BCUT2D eigenvalue weighted by atomic mass is 16.5. The van der Waals surface area contributed by atoms with E-state index in [1.807, 2.05) is 12.1 Å². The van der Waals surface area contributed by atoms with Gasteiger partial charge in [0.15, 0.2) is 0 Å². The van der Waals surface area contributed by atoms with E-state index in [2.05, 4.69) is 30.9 Å². The molecule has 1 aromatic carbocycles. The molecule has 0 radical (unpaired) electrons. The first-order valence-corrected chi connectivity index (χ1v) is 8.32. The predicted octanol–water partition coefficient (Wildman–Crippen LogP) is 3.74. The molecule has 0 amide bonds. The Hall–Kier alpha value is -1.06. The number of nitrogens with zero attached hydrogens (tertiary/aromatic N) is 1. The Balaban J connectivity index is 2.27. The van der Waals surface area contributed by atoms with Crippen LogP contribution in [0.25, 0.3) is 0 Å². The molecule has 118 valence electrons. The zero-order valence-electron chi connectivity index (χ0n) is 13.7. The van der Waals surface area contributed by atoms with Gasteiger partial charge in [0.05, 0.1) is 13.2 Å². The van der Waals surface area contributed by atoms with Gasteiger partial charge in [0.25, 0.3) is 0 Å². The minimum atomic E-state index is 0.180. The number of ether oxygens (including phenoxy) is 1. The molecule has 1 aliphatic rings. The fourth-order valence-corrected chi connectivity index (χ4v) is 3.42. The fraction of sp³-hybridized carbons (Fsp3) is 0.667. The van der Waals surface area contributed by atoms with Crippen molar-refractivity contribution in [3.8, 4) is 5.75 Å². The van der Waals surface area contributed by atoms with Gasteiger partial charge >= 0.3 is 0 Å². The molecule has 2 N–H and O–H groups in total. The average Bonchev–Trinajstić information content (AvgIpc) is 2.73. The van der Waals surface area contributed by atoms with Gasteiger partial charge in [-0.1, -0.05) is 31.9 Å². The third-order valence-corrected chi connectivity index (χ3v) is 4.80. The van der Waals surface area contributed by atoms with Crippen molar-refractivity contribution < 1.29 is 4.74 Å². The normalized spacial score (nSPS) is 23.3. The van der Waals surface area contributed by atoms with E-state index in [0.717, 1.165) is 18.7 Å². The standard InChI is InChI=1S/C18H30N2O/c1-4-17(19)18(15-9-11-16(21-3)12-10-15)20-13-7-5-6-8-14(20)2/h9-12,14,17-18H,4-8,13,19H2,1-3H3. The lowest BCUT2D eigenvalue weighted by atomic mass is 9.94. The van der Waals surface area contributed by atoms with Crippen LogP contribution in [0.2, 0.25) is 0 Å². The Morgan fingerprint density at radius 2 is 1.95 bits per heavy atom. The largest absolute Gasteiger partial charge is 0.497 e. The summed E-state index contributed by atoms with van der Waals surface area (Å²) in [5.41, 5.74) is 7.81. The van der Waals surface area contributed by atoms with Gasteiger partial charge in [-0.05, 0) is 50.4 Å². The van der Waals surface area contributed by atoms with Crippen molar-refractivity contribution in [1.29, 1.82) is 0 Å². The maximum Gasteiger partial charge on any atom is 0.118 e. The molecule has 0 aromatic heterocycles. The van der Waals surface area contributed by atoms with Gasteiger partial charge in [0, 0.05) is 12.1 Å². The molecular weight excluding hydrogens is 260 g/mol. The lowest BCUT2D eigenvalue weighted by molar-refractivity contribution is 0.124. The quantitative estimate of drug-likeness (QED) is 0.898. The molecule has 1 aliphatic heterocycles. The van der Waals surface area contributed by atoms with Gasteiger partial charge in [-0.25, -0.2) is 0 Å². The Kier molecular flexibility index (Phi) is 6.07. The lowest BCUT2D eigenvalue weighted by Crippen LogP contribution is -2.45. The maximum atomic E-state index is 6.49. The summed E-state index contributed by atoms with van der Waals surface area (Å²) in [6.07, 6.45) is 6.25. The van der Waals surface area contributed by atoms with Crippen LogP contribution in [0.1, 0.15) is 57.6 Å². The number of hydrogen-bond acceptors (Lipinski definition) is 3. The van der Waals surface area contributed by atoms with Crippen LogP contribution in [-0.4, -0.2) is 30.6 Å². The summed E-state index contributed by atoms with van der Waals surface area (Å²) in [5, 5.41) is 0. The SMILES string of the molecule is CCC(N)C(c1ccc(OC)cc1)N1CCCCCC1C. The first-order valence-electron chi connectivity index (χ1n) is 8.32. The van der Waals surface area contributed by atoms with Crippen LogP contribution in [0.3, 0.4) is 0 Å². The van der Waals surface area contributed by atoms with Crippen LogP contribution in [0.15, 0.2) is 24.3 Å². The first-order chi connectivity index (χ1) is 10.2. The molecule has 1 fully saturated rings.